The molecule has 32 heavy (non-hydrogen) atoms. The van der Waals surface area contributed by atoms with E-state index in [1.54, 1.807) is 11.8 Å². The summed E-state index contributed by atoms with van der Waals surface area (Å²) >= 11 is 1.38. The number of carbonyl (C=O) groups is 1. The number of rotatable bonds is 8. The van der Waals surface area contributed by atoms with Crippen LogP contribution in [0, 0.1) is 0 Å². The molecule has 0 aliphatic carbocycles. The van der Waals surface area contributed by atoms with Crippen molar-refractivity contribution in [2.45, 2.75) is 24.7 Å². The molecular weight excluding hydrogens is 424 g/mol. The number of ether oxygens (including phenoxy) is 1. The van der Waals surface area contributed by atoms with Crippen LogP contribution in [0.5, 0.6) is 5.75 Å². The van der Waals surface area contributed by atoms with Crippen molar-refractivity contribution in [3.63, 3.8) is 0 Å². The molecule has 168 valence electrons. The Kier molecular flexibility index (Phi) is 7.39. The van der Waals surface area contributed by atoms with Gasteiger partial charge in [0.25, 0.3) is 0 Å². The number of aromatic nitrogens is 4. The van der Waals surface area contributed by atoms with Crippen LogP contribution < -0.4 is 4.74 Å². The third-order valence-corrected chi connectivity index (χ3v) is 6.75. The number of thioether (sulfide) groups is 1. The van der Waals surface area contributed by atoms with Gasteiger partial charge in [0.1, 0.15) is 5.75 Å². The molecule has 1 fully saturated rings. The lowest BCUT2D eigenvalue weighted by Gasteiger charge is -2.38. The van der Waals surface area contributed by atoms with Crippen molar-refractivity contribution in [2.75, 3.05) is 39.0 Å². The Hall–Kier alpha value is -2.91. The van der Waals surface area contributed by atoms with E-state index < -0.39 is 0 Å². The van der Waals surface area contributed by atoms with Gasteiger partial charge in [0.05, 0.1) is 19.4 Å². The molecule has 1 amide bonds. The first kappa shape index (κ1) is 22.3. The van der Waals surface area contributed by atoms with Crippen molar-refractivity contribution in [2.24, 2.45) is 0 Å². The third-order valence-electron chi connectivity index (χ3n) is 5.81. The number of nitrogens with zero attached hydrogens (tertiary/aromatic N) is 6. The fraction of sp³-hybridized carbons (Fsp3) is 0.391. The highest BCUT2D eigenvalue weighted by Crippen LogP contribution is 2.22. The highest BCUT2D eigenvalue weighted by atomic mass is 32.2. The normalized spacial score (nSPS) is 15.5. The number of amides is 1. The fourth-order valence-corrected chi connectivity index (χ4v) is 4.60. The van der Waals surface area contributed by atoms with Crippen molar-refractivity contribution in [1.82, 2.24) is 30.0 Å². The Labute approximate surface area is 192 Å². The van der Waals surface area contributed by atoms with Gasteiger partial charge in [-0.25, -0.2) is 4.68 Å². The quantitative estimate of drug-likeness (QED) is 0.487. The van der Waals surface area contributed by atoms with Crippen LogP contribution >= 0.6 is 11.8 Å². The smallest absolute Gasteiger partial charge is 0.233 e. The first-order chi connectivity index (χ1) is 15.6. The summed E-state index contributed by atoms with van der Waals surface area (Å²) in [5.74, 6) is 1.27. The zero-order valence-electron chi connectivity index (χ0n) is 18.4. The SMILES string of the molecule is COc1ccc(Cn2nnnc2SCC(=O)N2CCN(C(C)c3ccccc3)CC2)cc1. The second-order valence-electron chi connectivity index (χ2n) is 7.76. The molecule has 0 radical (unpaired) electrons. The van der Waals surface area contributed by atoms with E-state index in [2.05, 4.69) is 51.6 Å². The van der Waals surface area contributed by atoms with E-state index in [0.29, 0.717) is 23.5 Å². The molecule has 1 unspecified atom stereocenters. The Balaban J connectivity index is 1.26. The van der Waals surface area contributed by atoms with Crippen LogP contribution in [0.15, 0.2) is 59.8 Å². The summed E-state index contributed by atoms with van der Waals surface area (Å²) in [7, 11) is 1.64. The summed E-state index contributed by atoms with van der Waals surface area (Å²) in [4.78, 5) is 17.2. The van der Waals surface area contributed by atoms with Gasteiger partial charge in [-0.2, -0.15) is 0 Å². The summed E-state index contributed by atoms with van der Waals surface area (Å²) in [6.07, 6.45) is 0. The van der Waals surface area contributed by atoms with Gasteiger partial charge in [0.2, 0.25) is 11.1 Å². The van der Waals surface area contributed by atoms with Crippen LogP contribution in [-0.4, -0.2) is 75.0 Å². The van der Waals surface area contributed by atoms with Crippen LogP contribution in [0.25, 0.3) is 0 Å². The number of piperazine rings is 1. The Morgan fingerprint density at radius 2 is 1.78 bits per heavy atom. The van der Waals surface area contributed by atoms with E-state index in [9.17, 15) is 4.79 Å². The number of benzene rings is 2. The fourth-order valence-electron chi connectivity index (χ4n) is 3.82. The van der Waals surface area contributed by atoms with Gasteiger partial charge in [-0.05, 0) is 40.6 Å². The maximum Gasteiger partial charge on any atom is 0.233 e. The summed E-state index contributed by atoms with van der Waals surface area (Å²) in [5.41, 5.74) is 2.38. The Bertz CT molecular complexity index is 1000. The van der Waals surface area contributed by atoms with E-state index in [0.717, 1.165) is 37.5 Å². The van der Waals surface area contributed by atoms with E-state index in [-0.39, 0.29) is 5.91 Å². The van der Waals surface area contributed by atoms with Gasteiger partial charge < -0.3 is 9.64 Å². The maximum atomic E-state index is 12.8. The summed E-state index contributed by atoms with van der Waals surface area (Å²) in [6, 6.07) is 18.7. The zero-order chi connectivity index (χ0) is 22.3. The molecule has 0 bridgehead atoms. The molecule has 1 saturated heterocycles. The minimum absolute atomic E-state index is 0.126. The minimum atomic E-state index is 0.126. The van der Waals surface area contributed by atoms with Crippen molar-refractivity contribution in [3.05, 3.63) is 65.7 Å². The molecule has 2 heterocycles. The predicted molar refractivity (Wildman–Crippen MR) is 124 cm³/mol. The van der Waals surface area contributed by atoms with E-state index in [1.807, 2.05) is 35.2 Å². The van der Waals surface area contributed by atoms with Gasteiger partial charge in [0.15, 0.2) is 0 Å². The van der Waals surface area contributed by atoms with Crippen molar-refractivity contribution in [1.29, 1.82) is 0 Å². The molecular formula is C23H28N6O2S. The second-order valence-corrected chi connectivity index (χ2v) is 8.70. The highest BCUT2D eigenvalue weighted by molar-refractivity contribution is 7.99. The average Bonchev–Trinajstić information content (AvgIpc) is 3.30. The third kappa shape index (κ3) is 5.46. The first-order valence-corrected chi connectivity index (χ1v) is 11.7. The van der Waals surface area contributed by atoms with Gasteiger partial charge in [0, 0.05) is 32.2 Å². The van der Waals surface area contributed by atoms with E-state index in [1.165, 1.54) is 17.3 Å². The lowest BCUT2D eigenvalue weighted by atomic mass is 10.1. The van der Waals surface area contributed by atoms with Crippen LogP contribution in [0.4, 0.5) is 0 Å². The lowest BCUT2D eigenvalue weighted by Crippen LogP contribution is -2.49. The molecule has 0 saturated carbocycles. The summed E-state index contributed by atoms with van der Waals surface area (Å²) in [6.45, 7) is 6.01. The monoisotopic (exact) mass is 452 g/mol. The standard InChI is InChI=1S/C23H28N6O2S/c1-18(20-6-4-3-5-7-20)27-12-14-28(15-13-27)22(30)17-32-23-24-25-26-29(23)16-19-8-10-21(31-2)11-9-19/h3-11,18H,12-17H2,1-2H3. The maximum absolute atomic E-state index is 12.8. The first-order valence-electron chi connectivity index (χ1n) is 10.7. The van der Waals surface area contributed by atoms with Crippen LogP contribution in [0.2, 0.25) is 0 Å². The largest absolute Gasteiger partial charge is 0.497 e. The molecule has 1 aromatic heterocycles. The molecule has 1 atom stereocenters. The molecule has 0 spiro atoms. The van der Waals surface area contributed by atoms with Crippen LogP contribution in [-0.2, 0) is 11.3 Å². The number of tetrazole rings is 1. The lowest BCUT2D eigenvalue weighted by molar-refractivity contribution is -0.130. The minimum Gasteiger partial charge on any atom is -0.497 e. The number of hydrogen-bond acceptors (Lipinski definition) is 7. The van der Waals surface area contributed by atoms with Crippen molar-refractivity contribution < 1.29 is 9.53 Å². The van der Waals surface area contributed by atoms with Gasteiger partial charge in [-0.3, -0.25) is 9.69 Å². The van der Waals surface area contributed by atoms with E-state index in [4.69, 9.17) is 4.74 Å². The average molecular weight is 453 g/mol. The molecule has 9 heteroatoms. The Morgan fingerprint density at radius 3 is 2.47 bits per heavy atom. The Morgan fingerprint density at radius 1 is 1.06 bits per heavy atom. The molecule has 0 N–H and O–H groups in total. The van der Waals surface area contributed by atoms with Crippen molar-refractivity contribution in [3.8, 4) is 5.75 Å². The van der Waals surface area contributed by atoms with Crippen LogP contribution in [0.1, 0.15) is 24.1 Å². The number of methoxy groups -OCH3 is 1. The topological polar surface area (TPSA) is 76.4 Å². The predicted octanol–water partition coefficient (Wildman–Crippen LogP) is 2.73. The van der Waals surface area contributed by atoms with Gasteiger partial charge in [-0.15, -0.1) is 5.10 Å². The van der Waals surface area contributed by atoms with Crippen molar-refractivity contribution >= 4 is 17.7 Å². The molecule has 1 aliphatic heterocycles. The molecule has 3 aromatic rings. The number of hydrogen-bond donors (Lipinski definition) is 0. The molecule has 2 aromatic carbocycles. The number of carbonyl (C=O) groups excluding carboxylic acids is 1. The van der Waals surface area contributed by atoms with E-state index >= 15 is 0 Å². The summed E-state index contributed by atoms with van der Waals surface area (Å²) < 4.78 is 6.92. The molecule has 8 nitrogen and oxygen atoms in total. The van der Waals surface area contributed by atoms with Gasteiger partial charge in [-0.1, -0.05) is 54.2 Å². The van der Waals surface area contributed by atoms with Crippen LogP contribution in [0.3, 0.4) is 0 Å². The zero-order valence-corrected chi connectivity index (χ0v) is 19.2. The molecule has 1 aliphatic rings. The second kappa shape index (κ2) is 10.6. The highest BCUT2D eigenvalue weighted by Gasteiger charge is 2.25. The van der Waals surface area contributed by atoms with Gasteiger partial charge >= 0.3 is 0 Å². The molecule has 4 rings (SSSR count). The summed E-state index contributed by atoms with van der Waals surface area (Å²) in [5, 5.41) is 12.6.